The molecular formula is C13H24N2O5. The highest BCUT2D eigenvalue weighted by molar-refractivity contribution is 5.86. The second kappa shape index (κ2) is 6.90. The van der Waals surface area contributed by atoms with E-state index in [0.717, 1.165) is 0 Å². The maximum absolute atomic E-state index is 12.0. The summed E-state index contributed by atoms with van der Waals surface area (Å²) in [7, 11) is 1.54. The summed E-state index contributed by atoms with van der Waals surface area (Å²) >= 11 is 0. The molecule has 1 saturated heterocycles. The van der Waals surface area contributed by atoms with Crippen LogP contribution in [-0.2, 0) is 14.3 Å². The number of likely N-dealkylation sites (tertiary alicyclic amines) is 1. The summed E-state index contributed by atoms with van der Waals surface area (Å²) in [4.78, 5) is 25.3. The predicted octanol–water partition coefficient (Wildman–Crippen LogP) is 0.119. The lowest BCUT2D eigenvalue weighted by atomic mass is 10.2. The van der Waals surface area contributed by atoms with Gasteiger partial charge in [0.25, 0.3) is 0 Å². The molecule has 0 bridgehead atoms. The maximum Gasteiger partial charge on any atom is 0.411 e. The Kier molecular flexibility index (Phi) is 5.76. The van der Waals surface area contributed by atoms with Crippen molar-refractivity contribution in [1.29, 1.82) is 0 Å². The van der Waals surface area contributed by atoms with Gasteiger partial charge in [-0.25, -0.2) is 4.79 Å². The van der Waals surface area contributed by atoms with Gasteiger partial charge in [0.1, 0.15) is 11.6 Å². The molecule has 0 aromatic rings. The van der Waals surface area contributed by atoms with E-state index in [9.17, 15) is 14.7 Å². The highest BCUT2D eigenvalue weighted by atomic mass is 16.6. The van der Waals surface area contributed by atoms with Crippen LogP contribution in [0.15, 0.2) is 0 Å². The minimum Gasteiger partial charge on any atom is -0.444 e. The van der Waals surface area contributed by atoms with E-state index in [2.05, 4.69) is 5.32 Å². The van der Waals surface area contributed by atoms with Gasteiger partial charge in [-0.3, -0.25) is 9.69 Å². The first-order valence-corrected chi connectivity index (χ1v) is 6.69. The van der Waals surface area contributed by atoms with E-state index >= 15 is 0 Å². The van der Waals surface area contributed by atoms with E-state index in [1.807, 2.05) is 0 Å². The van der Waals surface area contributed by atoms with Crippen LogP contribution in [0.2, 0.25) is 0 Å². The van der Waals surface area contributed by atoms with Gasteiger partial charge in [0.15, 0.2) is 0 Å². The van der Waals surface area contributed by atoms with Gasteiger partial charge in [-0.1, -0.05) is 0 Å². The quantitative estimate of drug-likeness (QED) is 0.717. The van der Waals surface area contributed by atoms with Gasteiger partial charge in [-0.05, 0) is 20.8 Å². The van der Waals surface area contributed by atoms with E-state index in [4.69, 9.17) is 9.47 Å². The number of ether oxygens (including phenoxy) is 2. The summed E-state index contributed by atoms with van der Waals surface area (Å²) in [6, 6.07) is -0.697. The number of amides is 2. The van der Waals surface area contributed by atoms with Crippen molar-refractivity contribution in [1.82, 2.24) is 10.2 Å². The summed E-state index contributed by atoms with van der Waals surface area (Å²) in [6.45, 7) is 6.13. The Morgan fingerprint density at radius 1 is 1.40 bits per heavy atom. The molecule has 1 aliphatic heterocycles. The van der Waals surface area contributed by atoms with Crippen LogP contribution in [0.25, 0.3) is 0 Å². The molecule has 20 heavy (non-hydrogen) atoms. The van der Waals surface area contributed by atoms with Crippen LogP contribution < -0.4 is 5.32 Å². The van der Waals surface area contributed by atoms with Crippen LogP contribution in [0.3, 0.4) is 0 Å². The van der Waals surface area contributed by atoms with Crippen molar-refractivity contribution >= 4 is 12.0 Å². The molecule has 0 saturated carbocycles. The third-order valence-electron chi connectivity index (χ3n) is 2.82. The van der Waals surface area contributed by atoms with Gasteiger partial charge in [0.2, 0.25) is 5.91 Å². The standard InChI is InChI=1S/C13H24N2O5/c1-13(2,3)20-12(18)15-8-9(16)7-10(15)11(17)14-5-6-19-4/h9-10,16H,5-8H2,1-4H3,(H,14,17)/t9?,10-/m0/s1. The smallest absolute Gasteiger partial charge is 0.411 e. The van der Waals surface area contributed by atoms with Gasteiger partial charge in [-0.15, -0.1) is 0 Å². The van der Waals surface area contributed by atoms with Gasteiger partial charge in [0.05, 0.1) is 19.3 Å². The normalized spacial score (nSPS) is 22.8. The van der Waals surface area contributed by atoms with Crippen LogP contribution in [0.1, 0.15) is 27.2 Å². The highest BCUT2D eigenvalue weighted by Crippen LogP contribution is 2.21. The molecule has 0 aliphatic carbocycles. The predicted molar refractivity (Wildman–Crippen MR) is 72.2 cm³/mol. The minimum atomic E-state index is -0.708. The number of aliphatic hydroxyl groups is 1. The fourth-order valence-electron chi connectivity index (χ4n) is 1.98. The number of rotatable bonds is 4. The fourth-order valence-corrected chi connectivity index (χ4v) is 1.98. The Hall–Kier alpha value is -1.34. The Bertz CT molecular complexity index is 353. The Morgan fingerprint density at radius 2 is 2.05 bits per heavy atom. The van der Waals surface area contributed by atoms with Gasteiger partial charge >= 0.3 is 6.09 Å². The Labute approximate surface area is 119 Å². The van der Waals surface area contributed by atoms with Crippen molar-refractivity contribution in [2.45, 2.75) is 44.9 Å². The lowest BCUT2D eigenvalue weighted by molar-refractivity contribution is -0.125. The van der Waals surface area contributed by atoms with E-state index < -0.39 is 23.8 Å². The number of methoxy groups -OCH3 is 1. The molecule has 7 heteroatoms. The molecular weight excluding hydrogens is 264 g/mol. The molecule has 1 aliphatic rings. The minimum absolute atomic E-state index is 0.108. The highest BCUT2D eigenvalue weighted by Gasteiger charge is 2.40. The van der Waals surface area contributed by atoms with Crippen LogP contribution in [0.4, 0.5) is 4.79 Å². The van der Waals surface area contributed by atoms with E-state index in [-0.39, 0.29) is 18.9 Å². The number of hydrogen-bond acceptors (Lipinski definition) is 5. The molecule has 1 rings (SSSR count). The molecule has 0 radical (unpaired) electrons. The average molecular weight is 288 g/mol. The third-order valence-corrected chi connectivity index (χ3v) is 2.82. The summed E-state index contributed by atoms with van der Waals surface area (Å²) in [6.07, 6.45) is -1.07. The molecule has 0 aromatic carbocycles. The molecule has 2 N–H and O–H groups in total. The van der Waals surface area contributed by atoms with Crippen molar-refractivity contribution in [2.75, 3.05) is 26.8 Å². The monoisotopic (exact) mass is 288 g/mol. The number of nitrogens with zero attached hydrogens (tertiary/aromatic N) is 1. The number of carbonyl (C=O) groups excluding carboxylic acids is 2. The molecule has 1 fully saturated rings. The average Bonchev–Trinajstić information content (AvgIpc) is 2.69. The summed E-state index contributed by atoms with van der Waals surface area (Å²) in [5.41, 5.74) is -0.637. The zero-order valence-electron chi connectivity index (χ0n) is 12.5. The fraction of sp³-hybridized carbons (Fsp3) is 0.846. The van der Waals surface area contributed by atoms with Crippen LogP contribution in [-0.4, -0.2) is 66.6 Å². The van der Waals surface area contributed by atoms with E-state index in [1.54, 1.807) is 27.9 Å². The molecule has 2 amide bonds. The first kappa shape index (κ1) is 16.7. The van der Waals surface area contributed by atoms with Crippen LogP contribution in [0.5, 0.6) is 0 Å². The third kappa shape index (κ3) is 4.97. The van der Waals surface area contributed by atoms with Crippen molar-refractivity contribution in [3.63, 3.8) is 0 Å². The molecule has 1 heterocycles. The van der Waals surface area contributed by atoms with Gasteiger partial charge < -0.3 is 19.9 Å². The zero-order chi connectivity index (χ0) is 15.3. The number of nitrogens with one attached hydrogen (secondary N) is 1. The molecule has 2 atom stereocenters. The van der Waals surface area contributed by atoms with Gasteiger partial charge in [0, 0.05) is 20.1 Å². The number of β-amino-alcohol motifs (C(OH)–C–C–N with tert-alkyl or cyclic N) is 1. The first-order valence-electron chi connectivity index (χ1n) is 6.69. The zero-order valence-corrected chi connectivity index (χ0v) is 12.5. The number of hydrogen-bond donors (Lipinski definition) is 2. The largest absolute Gasteiger partial charge is 0.444 e. The topological polar surface area (TPSA) is 88.1 Å². The lowest BCUT2D eigenvalue weighted by Crippen LogP contribution is -2.48. The van der Waals surface area contributed by atoms with Crippen LogP contribution >= 0.6 is 0 Å². The summed E-state index contributed by atoms with van der Waals surface area (Å²) in [5.74, 6) is -0.301. The van der Waals surface area contributed by atoms with Crippen LogP contribution in [0, 0.1) is 0 Å². The number of aliphatic hydroxyl groups excluding tert-OH is 1. The SMILES string of the molecule is COCCNC(=O)[C@@H]1CC(O)CN1C(=O)OC(C)(C)C. The Balaban J connectivity index is 2.63. The van der Waals surface area contributed by atoms with Crippen molar-refractivity contribution < 1.29 is 24.2 Å². The summed E-state index contributed by atoms with van der Waals surface area (Å²) < 4.78 is 10.1. The molecule has 7 nitrogen and oxygen atoms in total. The molecule has 0 aromatic heterocycles. The van der Waals surface area contributed by atoms with Crippen molar-refractivity contribution in [3.8, 4) is 0 Å². The lowest BCUT2D eigenvalue weighted by Gasteiger charge is -2.27. The molecule has 1 unspecified atom stereocenters. The second-order valence-corrected chi connectivity index (χ2v) is 5.82. The summed E-state index contributed by atoms with van der Waals surface area (Å²) in [5, 5.41) is 12.4. The molecule has 116 valence electrons. The first-order chi connectivity index (χ1) is 9.24. The Morgan fingerprint density at radius 3 is 2.60 bits per heavy atom. The van der Waals surface area contributed by atoms with Crippen molar-refractivity contribution in [2.24, 2.45) is 0 Å². The van der Waals surface area contributed by atoms with E-state index in [0.29, 0.717) is 13.2 Å². The maximum atomic E-state index is 12.0. The van der Waals surface area contributed by atoms with Crippen molar-refractivity contribution in [3.05, 3.63) is 0 Å². The molecule has 0 spiro atoms. The number of carbonyl (C=O) groups is 2. The van der Waals surface area contributed by atoms with E-state index in [1.165, 1.54) is 4.90 Å². The van der Waals surface area contributed by atoms with Gasteiger partial charge in [-0.2, -0.15) is 0 Å². The second-order valence-electron chi connectivity index (χ2n) is 5.82.